The topological polar surface area (TPSA) is 43.3 Å². The van der Waals surface area contributed by atoms with E-state index in [-0.39, 0.29) is 11.8 Å². The number of para-hydroxylation sites is 2. The van der Waals surface area contributed by atoms with Gasteiger partial charge in [-0.05, 0) is 65.6 Å². The Hall–Kier alpha value is -3.73. The maximum absolute atomic E-state index is 13.2. The highest BCUT2D eigenvalue weighted by Crippen LogP contribution is 2.36. The second-order valence-corrected chi connectivity index (χ2v) is 10.1. The summed E-state index contributed by atoms with van der Waals surface area (Å²) in [5.41, 5.74) is 4.20. The number of hydrogen-bond acceptors (Lipinski definition) is 2. The first-order valence-electron chi connectivity index (χ1n) is 12.6. The van der Waals surface area contributed by atoms with Crippen molar-refractivity contribution in [3.05, 3.63) is 130 Å². The van der Waals surface area contributed by atoms with Gasteiger partial charge in [-0.15, -0.1) is 0 Å². The van der Waals surface area contributed by atoms with Crippen molar-refractivity contribution in [3.63, 3.8) is 0 Å². The molecule has 1 aromatic heterocycles. The third kappa shape index (κ3) is 6.04. The number of aromatic nitrogens is 1. The van der Waals surface area contributed by atoms with Gasteiger partial charge in [0.1, 0.15) is 11.5 Å². The van der Waals surface area contributed by atoms with Gasteiger partial charge in [0.15, 0.2) is 0 Å². The highest BCUT2D eigenvalue weighted by molar-refractivity contribution is 6.35. The van der Waals surface area contributed by atoms with Crippen LogP contribution in [0.2, 0.25) is 10.0 Å². The molecule has 0 aliphatic heterocycles. The molecule has 4 aromatic carbocycles. The van der Waals surface area contributed by atoms with E-state index in [1.54, 1.807) is 6.07 Å². The molecule has 0 saturated carbocycles. The van der Waals surface area contributed by atoms with Crippen LogP contribution < -0.4 is 10.1 Å². The van der Waals surface area contributed by atoms with Gasteiger partial charge in [-0.1, -0.05) is 77.8 Å². The second kappa shape index (κ2) is 11.8. The van der Waals surface area contributed by atoms with Gasteiger partial charge in [0.05, 0.1) is 0 Å². The normalized spacial score (nSPS) is 11.9. The first-order valence-corrected chi connectivity index (χ1v) is 13.3. The molecule has 192 valence electrons. The number of fused-ring (bicyclic) bond motifs is 1. The zero-order valence-corrected chi connectivity index (χ0v) is 22.5. The van der Waals surface area contributed by atoms with Crippen molar-refractivity contribution in [1.29, 1.82) is 0 Å². The van der Waals surface area contributed by atoms with Gasteiger partial charge >= 0.3 is 0 Å². The molecule has 1 heterocycles. The lowest BCUT2D eigenvalue weighted by Gasteiger charge is -2.18. The fourth-order valence-corrected chi connectivity index (χ4v) is 5.30. The molecular formula is C32H28Cl2N2O2. The maximum atomic E-state index is 13.2. The molecule has 4 nitrogen and oxygen atoms in total. The third-order valence-corrected chi connectivity index (χ3v) is 7.25. The van der Waals surface area contributed by atoms with Crippen LogP contribution in [0, 0.1) is 0 Å². The predicted molar refractivity (Wildman–Crippen MR) is 156 cm³/mol. The van der Waals surface area contributed by atoms with Crippen molar-refractivity contribution in [2.45, 2.75) is 18.8 Å². The van der Waals surface area contributed by atoms with Crippen molar-refractivity contribution < 1.29 is 9.53 Å². The van der Waals surface area contributed by atoms with E-state index in [0.717, 1.165) is 39.1 Å². The Morgan fingerprint density at radius 3 is 2.47 bits per heavy atom. The van der Waals surface area contributed by atoms with E-state index in [2.05, 4.69) is 34.3 Å². The number of aryl methyl sites for hydroxylation is 1. The molecule has 0 aliphatic rings. The van der Waals surface area contributed by atoms with Gasteiger partial charge in [-0.2, -0.15) is 0 Å². The Labute approximate surface area is 232 Å². The van der Waals surface area contributed by atoms with Gasteiger partial charge in [0.2, 0.25) is 5.91 Å². The lowest BCUT2D eigenvalue weighted by molar-refractivity contribution is -0.121. The SMILES string of the molecule is Cn1cc([C@@H](CC(=O)NCCc2ccc(Cl)cc2Cl)c2cccc(Oc3ccccc3)c2)c2ccccc21. The summed E-state index contributed by atoms with van der Waals surface area (Å²) in [5.74, 6) is 1.32. The fraction of sp³-hybridized carbons (Fsp3) is 0.156. The van der Waals surface area contributed by atoms with Crippen LogP contribution in [0.25, 0.3) is 10.9 Å². The van der Waals surface area contributed by atoms with Crippen LogP contribution in [-0.2, 0) is 18.3 Å². The fourth-order valence-electron chi connectivity index (χ4n) is 4.80. The van der Waals surface area contributed by atoms with E-state index in [1.807, 2.05) is 79.8 Å². The average Bonchev–Trinajstić information content (AvgIpc) is 3.25. The summed E-state index contributed by atoms with van der Waals surface area (Å²) in [6.07, 6.45) is 3.05. The van der Waals surface area contributed by atoms with E-state index in [0.29, 0.717) is 29.4 Å². The number of amides is 1. The van der Waals surface area contributed by atoms with Crippen molar-refractivity contribution in [2.75, 3.05) is 6.54 Å². The van der Waals surface area contributed by atoms with Crippen LogP contribution in [0.15, 0.2) is 103 Å². The number of ether oxygens (including phenoxy) is 1. The molecule has 0 unspecified atom stereocenters. The number of nitrogens with one attached hydrogen (secondary N) is 1. The third-order valence-electron chi connectivity index (χ3n) is 6.66. The summed E-state index contributed by atoms with van der Waals surface area (Å²) in [7, 11) is 2.04. The zero-order chi connectivity index (χ0) is 26.5. The average molecular weight is 543 g/mol. The lowest BCUT2D eigenvalue weighted by Crippen LogP contribution is -2.27. The molecule has 38 heavy (non-hydrogen) atoms. The number of hydrogen-bond donors (Lipinski definition) is 1. The second-order valence-electron chi connectivity index (χ2n) is 9.29. The van der Waals surface area contributed by atoms with Gasteiger partial charge in [0, 0.05) is 53.1 Å². The first-order chi connectivity index (χ1) is 18.5. The Balaban J connectivity index is 1.40. The first kappa shape index (κ1) is 25.9. The summed E-state index contributed by atoms with van der Waals surface area (Å²) in [4.78, 5) is 13.2. The molecule has 1 amide bonds. The molecular weight excluding hydrogens is 515 g/mol. The molecule has 0 radical (unpaired) electrons. The molecule has 0 fully saturated rings. The Morgan fingerprint density at radius 2 is 1.66 bits per heavy atom. The number of nitrogens with zero attached hydrogens (tertiary/aromatic N) is 1. The van der Waals surface area contributed by atoms with Gasteiger partial charge in [0.25, 0.3) is 0 Å². The number of carbonyl (C=O) groups excluding carboxylic acids is 1. The van der Waals surface area contributed by atoms with Gasteiger partial charge in [-0.3, -0.25) is 4.79 Å². The molecule has 0 spiro atoms. The summed E-state index contributed by atoms with van der Waals surface area (Å²) in [5, 5.41) is 5.42. The van der Waals surface area contributed by atoms with Gasteiger partial charge in [-0.25, -0.2) is 0 Å². The van der Waals surface area contributed by atoms with Crippen molar-refractivity contribution in [2.24, 2.45) is 7.05 Å². The minimum atomic E-state index is -0.153. The minimum Gasteiger partial charge on any atom is -0.457 e. The van der Waals surface area contributed by atoms with Crippen LogP contribution in [-0.4, -0.2) is 17.0 Å². The summed E-state index contributed by atoms with van der Waals surface area (Å²) in [6.45, 7) is 0.486. The van der Waals surface area contributed by atoms with Crippen molar-refractivity contribution in [3.8, 4) is 11.5 Å². The van der Waals surface area contributed by atoms with Crippen molar-refractivity contribution >= 4 is 40.0 Å². The summed E-state index contributed by atoms with van der Waals surface area (Å²) >= 11 is 12.3. The van der Waals surface area contributed by atoms with E-state index < -0.39 is 0 Å². The maximum Gasteiger partial charge on any atom is 0.220 e. The van der Waals surface area contributed by atoms with Crippen LogP contribution in [0.4, 0.5) is 0 Å². The summed E-state index contributed by atoms with van der Waals surface area (Å²) in [6, 6.07) is 31.4. The number of halogens is 2. The molecule has 1 atom stereocenters. The lowest BCUT2D eigenvalue weighted by atomic mass is 9.88. The zero-order valence-electron chi connectivity index (χ0n) is 21.0. The van der Waals surface area contributed by atoms with Gasteiger partial charge < -0.3 is 14.6 Å². The number of carbonyl (C=O) groups is 1. The Kier molecular flexibility index (Phi) is 8.02. The molecule has 5 aromatic rings. The molecule has 0 aliphatic carbocycles. The van der Waals surface area contributed by atoms with E-state index in [9.17, 15) is 4.79 Å². The minimum absolute atomic E-state index is 0.0256. The quantitative estimate of drug-likeness (QED) is 0.204. The Morgan fingerprint density at radius 1 is 0.895 bits per heavy atom. The largest absolute Gasteiger partial charge is 0.457 e. The highest BCUT2D eigenvalue weighted by atomic mass is 35.5. The molecule has 0 bridgehead atoms. The van der Waals surface area contributed by atoms with Crippen LogP contribution in [0.5, 0.6) is 11.5 Å². The van der Waals surface area contributed by atoms with Crippen LogP contribution in [0.3, 0.4) is 0 Å². The standard InChI is InChI=1S/C32H28Cl2N2O2/c1-36-21-29(27-12-5-6-13-31(27)36)28(20-32(37)35-17-16-22-14-15-24(33)19-30(22)34)23-8-7-11-26(18-23)38-25-9-3-2-4-10-25/h2-15,18-19,21,28H,16-17,20H2,1H3,(H,35,37)/t28-/m0/s1. The monoisotopic (exact) mass is 542 g/mol. The predicted octanol–water partition coefficient (Wildman–Crippen LogP) is 8.16. The van der Waals surface area contributed by atoms with Crippen LogP contribution >= 0.6 is 23.2 Å². The van der Waals surface area contributed by atoms with E-state index >= 15 is 0 Å². The van der Waals surface area contributed by atoms with Crippen LogP contribution in [0.1, 0.15) is 29.0 Å². The van der Waals surface area contributed by atoms with E-state index in [1.165, 1.54) is 0 Å². The number of benzene rings is 4. The number of rotatable bonds is 9. The molecule has 6 heteroatoms. The molecule has 0 saturated heterocycles. The highest BCUT2D eigenvalue weighted by Gasteiger charge is 2.23. The summed E-state index contributed by atoms with van der Waals surface area (Å²) < 4.78 is 8.22. The van der Waals surface area contributed by atoms with E-state index in [4.69, 9.17) is 27.9 Å². The smallest absolute Gasteiger partial charge is 0.220 e. The molecule has 5 rings (SSSR count). The molecule has 1 N–H and O–H groups in total. The van der Waals surface area contributed by atoms with Crippen molar-refractivity contribution in [1.82, 2.24) is 9.88 Å². The Bertz CT molecular complexity index is 1560.